The minimum atomic E-state index is -0.344. The van der Waals surface area contributed by atoms with Gasteiger partial charge in [0.25, 0.3) is 11.1 Å². The third-order valence-electron chi connectivity index (χ3n) is 5.91. The first-order valence-corrected chi connectivity index (χ1v) is 13.2. The van der Waals surface area contributed by atoms with Crippen LogP contribution in [0.2, 0.25) is 5.02 Å². The van der Waals surface area contributed by atoms with Crippen LogP contribution in [0.1, 0.15) is 22.3 Å². The van der Waals surface area contributed by atoms with Gasteiger partial charge in [0.05, 0.1) is 32.6 Å². The van der Waals surface area contributed by atoms with Crippen LogP contribution in [-0.4, -0.2) is 16.0 Å². The minimum Gasteiger partial charge on any atom is -0.486 e. The van der Waals surface area contributed by atoms with Crippen LogP contribution in [0, 0.1) is 11.3 Å². The first kappa shape index (κ1) is 25.1. The second-order valence-electron chi connectivity index (χ2n) is 8.28. The fraction of sp³-hybridized carbons (Fsp3) is 0.0690. The van der Waals surface area contributed by atoms with E-state index >= 15 is 0 Å². The third-order valence-corrected chi connectivity index (χ3v) is 7.69. The number of halogens is 2. The third kappa shape index (κ3) is 5.28. The highest BCUT2D eigenvalue weighted by Gasteiger charge is 2.35. The number of hydrogen-bond donors (Lipinski definition) is 0. The van der Waals surface area contributed by atoms with Gasteiger partial charge in [0, 0.05) is 5.56 Å². The molecule has 182 valence electrons. The van der Waals surface area contributed by atoms with Crippen molar-refractivity contribution in [2.24, 2.45) is 0 Å². The van der Waals surface area contributed by atoms with Crippen LogP contribution in [0.15, 0.2) is 88.2 Å². The second-order valence-corrected chi connectivity index (χ2v) is 10.5. The van der Waals surface area contributed by atoms with Crippen LogP contribution >= 0.6 is 39.3 Å². The minimum absolute atomic E-state index is 0.175. The van der Waals surface area contributed by atoms with Gasteiger partial charge in [0.2, 0.25) is 0 Å². The summed E-state index contributed by atoms with van der Waals surface area (Å²) in [5.41, 5.74) is 2.84. The largest absolute Gasteiger partial charge is 0.486 e. The molecule has 0 unspecified atom stereocenters. The van der Waals surface area contributed by atoms with Crippen molar-refractivity contribution in [2.75, 3.05) is 0 Å². The molecule has 0 radical (unpaired) electrons. The van der Waals surface area contributed by atoms with Crippen molar-refractivity contribution < 1.29 is 14.3 Å². The van der Waals surface area contributed by atoms with E-state index in [2.05, 4.69) is 22.0 Å². The Morgan fingerprint density at radius 3 is 2.54 bits per heavy atom. The van der Waals surface area contributed by atoms with Crippen molar-refractivity contribution in [3.05, 3.63) is 116 Å². The molecular weight excluding hydrogens is 572 g/mol. The summed E-state index contributed by atoms with van der Waals surface area (Å²) in [6.45, 7) is 0.374. The van der Waals surface area contributed by atoms with Crippen molar-refractivity contribution >= 4 is 67.3 Å². The molecule has 1 aliphatic rings. The number of amides is 2. The van der Waals surface area contributed by atoms with E-state index in [0.717, 1.165) is 33.7 Å². The molecule has 37 heavy (non-hydrogen) atoms. The van der Waals surface area contributed by atoms with Crippen molar-refractivity contribution in [1.29, 1.82) is 5.26 Å². The number of thioether (sulfide) groups is 1. The average Bonchev–Trinajstić information content (AvgIpc) is 3.15. The van der Waals surface area contributed by atoms with Gasteiger partial charge in [0.15, 0.2) is 5.75 Å². The Labute approximate surface area is 231 Å². The highest BCUT2D eigenvalue weighted by Crippen LogP contribution is 2.38. The topological polar surface area (TPSA) is 70.4 Å². The van der Waals surface area contributed by atoms with E-state index in [0.29, 0.717) is 31.3 Å². The molecule has 4 aromatic carbocycles. The molecular formula is C29H18BrClN2O3S. The molecule has 5 rings (SSSR count). The summed E-state index contributed by atoms with van der Waals surface area (Å²) >= 11 is 10.9. The van der Waals surface area contributed by atoms with E-state index in [1.165, 1.54) is 4.90 Å². The van der Waals surface area contributed by atoms with Crippen LogP contribution in [-0.2, 0) is 17.9 Å². The van der Waals surface area contributed by atoms with Crippen molar-refractivity contribution in [2.45, 2.75) is 13.2 Å². The molecule has 0 N–H and O–H groups in total. The highest BCUT2D eigenvalue weighted by molar-refractivity contribution is 9.10. The molecule has 0 atom stereocenters. The van der Waals surface area contributed by atoms with E-state index in [9.17, 15) is 14.9 Å². The van der Waals surface area contributed by atoms with Gasteiger partial charge in [-0.25, -0.2) is 0 Å². The van der Waals surface area contributed by atoms with Gasteiger partial charge < -0.3 is 4.74 Å². The normalized spacial score (nSPS) is 14.4. The number of carbonyl (C=O) groups is 2. The maximum atomic E-state index is 13.1. The van der Waals surface area contributed by atoms with Crippen LogP contribution in [0.3, 0.4) is 0 Å². The van der Waals surface area contributed by atoms with Gasteiger partial charge in [0.1, 0.15) is 6.61 Å². The van der Waals surface area contributed by atoms with Gasteiger partial charge in [-0.2, -0.15) is 5.26 Å². The van der Waals surface area contributed by atoms with E-state index in [1.807, 2.05) is 54.6 Å². The molecule has 5 nitrogen and oxygen atoms in total. The predicted molar refractivity (Wildman–Crippen MR) is 150 cm³/mol. The number of fused-ring (bicyclic) bond motifs is 1. The molecule has 0 aliphatic carbocycles. The molecule has 1 aliphatic heterocycles. The van der Waals surface area contributed by atoms with Crippen LogP contribution in [0.4, 0.5) is 4.79 Å². The molecule has 0 saturated carbocycles. The maximum absolute atomic E-state index is 13.1. The summed E-state index contributed by atoms with van der Waals surface area (Å²) in [7, 11) is 0. The van der Waals surface area contributed by atoms with Crippen molar-refractivity contribution in [3.8, 4) is 11.8 Å². The summed E-state index contributed by atoms with van der Waals surface area (Å²) < 4.78 is 6.49. The Balaban J connectivity index is 1.35. The summed E-state index contributed by atoms with van der Waals surface area (Å²) in [5, 5.41) is 11.4. The van der Waals surface area contributed by atoms with E-state index in [1.54, 1.807) is 30.3 Å². The van der Waals surface area contributed by atoms with Gasteiger partial charge in [-0.15, -0.1) is 0 Å². The zero-order valence-electron chi connectivity index (χ0n) is 19.3. The number of carbonyl (C=O) groups excluding carboxylic acids is 2. The zero-order chi connectivity index (χ0) is 25.9. The summed E-state index contributed by atoms with van der Waals surface area (Å²) in [4.78, 5) is 27.5. The lowest BCUT2D eigenvalue weighted by molar-refractivity contribution is -0.123. The monoisotopic (exact) mass is 588 g/mol. The van der Waals surface area contributed by atoms with Crippen molar-refractivity contribution in [1.82, 2.24) is 4.90 Å². The standard InChI is InChI=1S/C29H18BrClN2O3S/c30-24-12-18(13-25(31)27(24)36-17-22-8-2-1-7-20(22)15-32)14-26-28(34)33(29(35)37-26)16-21-10-5-9-19-6-3-4-11-23(19)21/h1-14H,16-17H2/b26-14+. The van der Waals surface area contributed by atoms with E-state index < -0.39 is 0 Å². The fourth-order valence-electron chi connectivity index (χ4n) is 4.09. The van der Waals surface area contributed by atoms with Crippen LogP contribution < -0.4 is 4.74 Å². The maximum Gasteiger partial charge on any atom is 0.293 e. The SMILES string of the molecule is N#Cc1ccccc1COc1c(Cl)cc(/C=C2/SC(=O)N(Cc3cccc4ccccc34)C2=O)cc1Br. The Bertz CT molecular complexity index is 1600. The number of benzene rings is 4. The second kappa shape index (κ2) is 10.8. The molecule has 1 fully saturated rings. The van der Waals surface area contributed by atoms with Crippen LogP contribution in [0.5, 0.6) is 5.75 Å². The number of nitrogens with zero attached hydrogens (tertiary/aromatic N) is 2. The number of rotatable bonds is 6. The Morgan fingerprint density at radius 1 is 1.00 bits per heavy atom. The van der Waals surface area contributed by atoms with E-state index in [4.69, 9.17) is 16.3 Å². The fourth-order valence-corrected chi connectivity index (χ4v) is 5.92. The zero-order valence-corrected chi connectivity index (χ0v) is 22.4. The number of nitriles is 1. The number of imide groups is 1. The Morgan fingerprint density at radius 2 is 1.73 bits per heavy atom. The first-order valence-electron chi connectivity index (χ1n) is 11.3. The Kier molecular flexibility index (Phi) is 7.33. The lowest BCUT2D eigenvalue weighted by atomic mass is 10.0. The smallest absolute Gasteiger partial charge is 0.293 e. The Hall–Kier alpha value is -3.57. The lowest BCUT2D eigenvalue weighted by Crippen LogP contribution is -2.27. The molecule has 2 amide bonds. The molecule has 1 saturated heterocycles. The predicted octanol–water partition coefficient (Wildman–Crippen LogP) is 7.94. The van der Waals surface area contributed by atoms with Gasteiger partial charge in [-0.1, -0.05) is 72.3 Å². The van der Waals surface area contributed by atoms with Gasteiger partial charge >= 0.3 is 0 Å². The van der Waals surface area contributed by atoms with Crippen LogP contribution in [0.25, 0.3) is 16.8 Å². The first-order chi connectivity index (χ1) is 17.9. The summed E-state index contributed by atoms with van der Waals surface area (Å²) in [6, 6.07) is 26.5. The molecule has 0 spiro atoms. The molecule has 4 aromatic rings. The average molecular weight is 590 g/mol. The van der Waals surface area contributed by atoms with E-state index in [-0.39, 0.29) is 24.3 Å². The molecule has 1 heterocycles. The quantitative estimate of drug-likeness (QED) is 0.214. The highest BCUT2D eigenvalue weighted by atomic mass is 79.9. The summed E-state index contributed by atoms with van der Waals surface area (Å²) in [5.74, 6) is 0.0826. The van der Waals surface area contributed by atoms with Gasteiger partial charge in [-0.05, 0) is 73.9 Å². The van der Waals surface area contributed by atoms with Gasteiger partial charge in [-0.3, -0.25) is 14.5 Å². The number of ether oxygens (including phenoxy) is 1. The molecule has 0 aromatic heterocycles. The lowest BCUT2D eigenvalue weighted by Gasteiger charge is -2.14. The van der Waals surface area contributed by atoms with Crippen molar-refractivity contribution in [3.63, 3.8) is 0 Å². The molecule has 8 heteroatoms. The molecule has 0 bridgehead atoms. The number of hydrogen-bond acceptors (Lipinski definition) is 5. The summed E-state index contributed by atoms with van der Waals surface area (Å²) in [6.07, 6.45) is 1.65.